The molecule has 166 valence electrons. The Morgan fingerprint density at radius 1 is 1.10 bits per heavy atom. The van der Waals surface area contributed by atoms with Gasteiger partial charge < -0.3 is 24.4 Å². The highest BCUT2D eigenvalue weighted by Gasteiger charge is 2.19. The molecule has 0 unspecified atom stereocenters. The lowest BCUT2D eigenvalue weighted by Gasteiger charge is -2.28. The van der Waals surface area contributed by atoms with Crippen molar-refractivity contribution < 1.29 is 23.8 Å². The van der Waals surface area contributed by atoms with Gasteiger partial charge in [-0.3, -0.25) is 9.59 Å². The predicted molar refractivity (Wildman–Crippen MR) is 120 cm³/mol. The molecule has 2 aromatic rings. The standard InChI is InChI=1S/C24H30N2O5/c1-3-30-22-7-5-4-6-19(22)8-13-23(27)31-18(2)24(28)25-20-9-11-21(12-10-20)26-14-16-29-17-15-26/h4-7,9-12,18H,3,8,13-17H2,1-2H3,(H,25,28)/t18-/m1/s1. The summed E-state index contributed by atoms with van der Waals surface area (Å²) in [7, 11) is 0. The zero-order valence-corrected chi connectivity index (χ0v) is 18.1. The van der Waals surface area contributed by atoms with E-state index in [1.54, 1.807) is 6.92 Å². The summed E-state index contributed by atoms with van der Waals surface area (Å²) >= 11 is 0. The molecular formula is C24H30N2O5. The number of morpholine rings is 1. The number of ether oxygens (including phenoxy) is 3. The van der Waals surface area contributed by atoms with Crippen molar-refractivity contribution in [3.63, 3.8) is 0 Å². The Balaban J connectivity index is 1.46. The highest BCUT2D eigenvalue weighted by atomic mass is 16.5. The third kappa shape index (κ3) is 6.72. The van der Waals surface area contributed by atoms with Crippen LogP contribution in [0.5, 0.6) is 5.75 Å². The van der Waals surface area contributed by atoms with E-state index in [0.29, 0.717) is 18.7 Å². The lowest BCUT2D eigenvalue weighted by molar-refractivity contribution is -0.153. The Kier molecular flexibility index (Phi) is 8.29. The molecule has 31 heavy (non-hydrogen) atoms. The first-order valence-corrected chi connectivity index (χ1v) is 10.7. The average molecular weight is 427 g/mol. The fraction of sp³-hybridized carbons (Fsp3) is 0.417. The van der Waals surface area contributed by atoms with Crippen molar-refractivity contribution in [1.82, 2.24) is 0 Å². The molecule has 0 aliphatic carbocycles. The maximum Gasteiger partial charge on any atom is 0.306 e. The quantitative estimate of drug-likeness (QED) is 0.619. The highest BCUT2D eigenvalue weighted by Crippen LogP contribution is 2.21. The van der Waals surface area contributed by atoms with Crippen molar-refractivity contribution in [3.05, 3.63) is 54.1 Å². The van der Waals surface area contributed by atoms with E-state index in [4.69, 9.17) is 14.2 Å². The van der Waals surface area contributed by atoms with Gasteiger partial charge >= 0.3 is 5.97 Å². The zero-order chi connectivity index (χ0) is 22.1. The number of carbonyl (C=O) groups is 2. The van der Waals surface area contributed by atoms with Gasteiger partial charge in [0, 0.05) is 30.9 Å². The van der Waals surface area contributed by atoms with Crippen LogP contribution in [-0.2, 0) is 25.5 Å². The second kappa shape index (κ2) is 11.4. The number of amides is 1. The van der Waals surface area contributed by atoms with Gasteiger partial charge in [0.1, 0.15) is 5.75 Å². The van der Waals surface area contributed by atoms with Crippen molar-refractivity contribution in [2.45, 2.75) is 32.8 Å². The molecule has 7 nitrogen and oxygen atoms in total. The third-order valence-corrected chi connectivity index (χ3v) is 5.06. The average Bonchev–Trinajstić information content (AvgIpc) is 2.80. The summed E-state index contributed by atoms with van der Waals surface area (Å²) < 4.78 is 16.3. The number of anilines is 2. The first-order valence-electron chi connectivity index (χ1n) is 10.7. The molecule has 0 spiro atoms. The van der Waals surface area contributed by atoms with Gasteiger partial charge in [-0.15, -0.1) is 0 Å². The van der Waals surface area contributed by atoms with Gasteiger partial charge in [-0.1, -0.05) is 18.2 Å². The molecule has 0 radical (unpaired) electrons. The summed E-state index contributed by atoms with van der Waals surface area (Å²) in [6, 6.07) is 15.2. The molecule has 1 atom stereocenters. The SMILES string of the molecule is CCOc1ccccc1CCC(=O)O[C@H](C)C(=O)Nc1ccc(N2CCOCC2)cc1. The van der Waals surface area contributed by atoms with Gasteiger partial charge in [0.15, 0.2) is 6.10 Å². The molecule has 1 fully saturated rings. The summed E-state index contributed by atoms with van der Waals surface area (Å²) in [6.07, 6.45) is -0.212. The van der Waals surface area contributed by atoms with Gasteiger partial charge in [-0.2, -0.15) is 0 Å². The summed E-state index contributed by atoms with van der Waals surface area (Å²) in [6.45, 7) is 7.20. The monoisotopic (exact) mass is 426 g/mol. The van der Waals surface area contributed by atoms with Crippen molar-refractivity contribution in [3.8, 4) is 5.75 Å². The van der Waals surface area contributed by atoms with Crippen LogP contribution in [0.25, 0.3) is 0 Å². The smallest absolute Gasteiger partial charge is 0.306 e. The van der Waals surface area contributed by atoms with Crippen LogP contribution in [0.3, 0.4) is 0 Å². The van der Waals surface area contributed by atoms with Gasteiger partial charge in [0.25, 0.3) is 5.91 Å². The number of rotatable bonds is 9. The lowest BCUT2D eigenvalue weighted by Crippen LogP contribution is -2.36. The number of aryl methyl sites for hydroxylation is 1. The molecule has 1 amide bonds. The normalized spacial score (nSPS) is 14.6. The maximum absolute atomic E-state index is 12.4. The number of esters is 1. The van der Waals surface area contributed by atoms with E-state index < -0.39 is 12.1 Å². The summed E-state index contributed by atoms with van der Waals surface area (Å²) in [5.74, 6) is -0.0112. The molecular weight excluding hydrogens is 396 g/mol. The number of benzene rings is 2. The van der Waals surface area contributed by atoms with E-state index in [1.807, 2.05) is 55.5 Å². The van der Waals surface area contributed by atoms with Crippen LogP contribution >= 0.6 is 0 Å². The van der Waals surface area contributed by atoms with E-state index in [-0.39, 0.29) is 12.3 Å². The van der Waals surface area contributed by atoms with E-state index in [0.717, 1.165) is 43.3 Å². The molecule has 0 aromatic heterocycles. The van der Waals surface area contributed by atoms with Crippen molar-refractivity contribution in [2.24, 2.45) is 0 Å². The molecule has 1 N–H and O–H groups in total. The van der Waals surface area contributed by atoms with Crippen molar-refractivity contribution in [1.29, 1.82) is 0 Å². The summed E-state index contributed by atoms with van der Waals surface area (Å²) in [5.41, 5.74) is 2.70. The maximum atomic E-state index is 12.4. The first-order chi connectivity index (χ1) is 15.1. The second-order valence-corrected chi connectivity index (χ2v) is 7.31. The largest absolute Gasteiger partial charge is 0.494 e. The van der Waals surface area contributed by atoms with E-state index in [9.17, 15) is 9.59 Å². The minimum Gasteiger partial charge on any atom is -0.494 e. The van der Waals surface area contributed by atoms with Gasteiger partial charge in [0.2, 0.25) is 0 Å². The lowest BCUT2D eigenvalue weighted by atomic mass is 10.1. The molecule has 0 saturated carbocycles. The Hall–Kier alpha value is -3.06. The number of carbonyl (C=O) groups excluding carboxylic acids is 2. The van der Waals surface area contributed by atoms with E-state index in [2.05, 4.69) is 10.2 Å². The molecule has 7 heteroatoms. The van der Waals surface area contributed by atoms with Gasteiger partial charge in [-0.25, -0.2) is 0 Å². The van der Waals surface area contributed by atoms with Crippen LogP contribution in [0.4, 0.5) is 11.4 Å². The second-order valence-electron chi connectivity index (χ2n) is 7.31. The van der Waals surface area contributed by atoms with E-state index in [1.165, 1.54) is 0 Å². The molecule has 1 heterocycles. The molecule has 1 saturated heterocycles. The Morgan fingerprint density at radius 2 is 1.81 bits per heavy atom. The number of hydrogen-bond donors (Lipinski definition) is 1. The van der Waals surface area contributed by atoms with Crippen LogP contribution in [0.2, 0.25) is 0 Å². The number of nitrogens with one attached hydrogen (secondary N) is 1. The Bertz CT molecular complexity index is 863. The third-order valence-electron chi connectivity index (χ3n) is 5.06. The number of para-hydroxylation sites is 1. The van der Waals surface area contributed by atoms with Crippen LogP contribution in [0.1, 0.15) is 25.8 Å². The zero-order valence-electron chi connectivity index (χ0n) is 18.1. The minimum atomic E-state index is -0.881. The minimum absolute atomic E-state index is 0.177. The van der Waals surface area contributed by atoms with Crippen molar-refractivity contribution in [2.75, 3.05) is 43.1 Å². The van der Waals surface area contributed by atoms with Crippen LogP contribution < -0.4 is 15.0 Å². The Labute approximate surface area is 183 Å². The highest BCUT2D eigenvalue weighted by molar-refractivity contribution is 5.95. The fourth-order valence-electron chi connectivity index (χ4n) is 3.37. The van der Waals surface area contributed by atoms with Gasteiger partial charge in [-0.05, 0) is 56.2 Å². The predicted octanol–water partition coefficient (Wildman–Crippen LogP) is 3.42. The fourth-order valence-corrected chi connectivity index (χ4v) is 3.37. The molecule has 2 aromatic carbocycles. The van der Waals surface area contributed by atoms with Crippen LogP contribution in [0, 0.1) is 0 Å². The molecule has 0 bridgehead atoms. The topological polar surface area (TPSA) is 77.1 Å². The van der Waals surface area contributed by atoms with Crippen molar-refractivity contribution >= 4 is 23.3 Å². The van der Waals surface area contributed by atoms with E-state index >= 15 is 0 Å². The Morgan fingerprint density at radius 3 is 2.52 bits per heavy atom. The van der Waals surface area contributed by atoms with Crippen LogP contribution in [0.15, 0.2) is 48.5 Å². The van der Waals surface area contributed by atoms with Crippen LogP contribution in [-0.4, -0.2) is 50.9 Å². The molecule has 1 aliphatic rings. The molecule has 3 rings (SSSR count). The first kappa shape index (κ1) is 22.6. The number of nitrogens with zero attached hydrogens (tertiary/aromatic N) is 1. The summed E-state index contributed by atoms with van der Waals surface area (Å²) in [5, 5.41) is 2.80. The summed E-state index contributed by atoms with van der Waals surface area (Å²) in [4.78, 5) is 26.9. The van der Waals surface area contributed by atoms with Gasteiger partial charge in [0.05, 0.1) is 19.8 Å². The molecule has 1 aliphatic heterocycles. The number of hydrogen-bond acceptors (Lipinski definition) is 6.